The van der Waals surface area contributed by atoms with E-state index in [9.17, 15) is 31.9 Å². The lowest BCUT2D eigenvalue weighted by Crippen LogP contribution is -2.41. The van der Waals surface area contributed by atoms with Crippen molar-refractivity contribution in [1.29, 1.82) is 0 Å². The maximum absolute atomic E-state index is 14.3. The molecular weight excluding hydrogens is 433 g/mol. The Morgan fingerprint density at radius 1 is 1.12 bits per heavy atom. The summed E-state index contributed by atoms with van der Waals surface area (Å²) in [6.45, 7) is 0.726. The molecule has 1 saturated heterocycles. The predicted octanol–water partition coefficient (Wildman–Crippen LogP) is 5.60. The number of rotatable bonds is 6. The summed E-state index contributed by atoms with van der Waals surface area (Å²) < 4.78 is 73.8. The highest BCUT2D eigenvalue weighted by atomic mass is 19.4. The molecule has 9 heteroatoms. The molecule has 1 saturated carbocycles. The summed E-state index contributed by atoms with van der Waals surface area (Å²) >= 11 is 0. The number of carboxylic acids is 1. The van der Waals surface area contributed by atoms with Crippen LogP contribution in [0.15, 0.2) is 30.3 Å². The fourth-order valence-electron chi connectivity index (χ4n) is 4.19. The number of hydrogen-bond acceptors (Lipinski definition) is 3. The highest BCUT2D eigenvalue weighted by Crippen LogP contribution is 2.45. The Hall–Kier alpha value is -2.68. The molecule has 2 aromatic carbocycles. The summed E-state index contributed by atoms with van der Waals surface area (Å²) in [5, 5.41) is 9.18. The van der Waals surface area contributed by atoms with Crippen molar-refractivity contribution in [3.05, 3.63) is 64.2 Å². The van der Waals surface area contributed by atoms with Crippen molar-refractivity contribution in [2.75, 3.05) is 13.1 Å². The first-order valence-corrected chi connectivity index (χ1v) is 10.4. The molecule has 1 unspecified atom stereocenters. The Morgan fingerprint density at radius 2 is 1.88 bits per heavy atom. The Morgan fingerprint density at radius 3 is 2.53 bits per heavy atom. The van der Waals surface area contributed by atoms with E-state index in [0.717, 1.165) is 37.1 Å². The molecule has 4 nitrogen and oxygen atoms in total. The van der Waals surface area contributed by atoms with Crippen LogP contribution in [-0.2, 0) is 12.7 Å². The minimum absolute atomic E-state index is 0.0890. The maximum Gasteiger partial charge on any atom is 0.416 e. The molecule has 1 heterocycles. The van der Waals surface area contributed by atoms with Gasteiger partial charge in [-0.15, -0.1) is 0 Å². The van der Waals surface area contributed by atoms with Gasteiger partial charge in [0.25, 0.3) is 0 Å². The zero-order chi connectivity index (χ0) is 23.0. The molecule has 2 aromatic rings. The van der Waals surface area contributed by atoms with E-state index in [4.69, 9.17) is 4.74 Å². The number of halogens is 5. The molecule has 0 spiro atoms. The summed E-state index contributed by atoms with van der Waals surface area (Å²) in [6, 6.07) is 4.84. The number of benzene rings is 2. The first kappa shape index (κ1) is 22.5. The number of ether oxygens (including phenoxy) is 1. The quantitative estimate of drug-likeness (QED) is 0.576. The maximum atomic E-state index is 14.3. The van der Waals surface area contributed by atoms with Crippen molar-refractivity contribution < 1.29 is 36.6 Å². The van der Waals surface area contributed by atoms with Gasteiger partial charge < -0.3 is 9.84 Å². The molecule has 2 fully saturated rings. The zero-order valence-corrected chi connectivity index (χ0v) is 17.1. The second kappa shape index (κ2) is 8.69. The second-order valence-corrected chi connectivity index (χ2v) is 8.37. The molecule has 0 bridgehead atoms. The van der Waals surface area contributed by atoms with Gasteiger partial charge in [-0.3, -0.25) is 4.90 Å². The molecule has 4 rings (SSSR count). The van der Waals surface area contributed by atoms with Crippen LogP contribution in [0.3, 0.4) is 0 Å². The van der Waals surface area contributed by atoms with Crippen LogP contribution in [0.25, 0.3) is 0 Å². The lowest BCUT2D eigenvalue weighted by atomic mass is 10.0. The molecule has 172 valence electrons. The van der Waals surface area contributed by atoms with Crippen LogP contribution >= 0.6 is 0 Å². The van der Waals surface area contributed by atoms with Gasteiger partial charge in [-0.2, -0.15) is 13.2 Å². The SMILES string of the molecule is O=C(O)c1cc(C2CC2)c(OC2CCCN(Cc3cc(F)ccc3C(F)(F)F)C2)cc1F. The standard InChI is InChI=1S/C23H22F5NO3/c24-15-5-6-19(23(26,27)28)14(8-15)11-29-7-1-2-16(12-29)32-21-10-20(25)18(22(30)31)9-17(21)13-3-4-13/h5-6,8-10,13,16H,1-4,7,11-12H2,(H,30,31). The number of carboxylic acid groups (broad SMARTS) is 1. The topological polar surface area (TPSA) is 49.8 Å². The molecule has 0 amide bonds. The van der Waals surface area contributed by atoms with Crippen molar-refractivity contribution in [2.45, 2.75) is 50.4 Å². The third kappa shape index (κ3) is 5.03. The second-order valence-electron chi connectivity index (χ2n) is 8.37. The van der Waals surface area contributed by atoms with Gasteiger partial charge in [0.1, 0.15) is 23.5 Å². The van der Waals surface area contributed by atoms with E-state index in [1.807, 2.05) is 0 Å². The summed E-state index contributed by atoms with van der Waals surface area (Å²) in [4.78, 5) is 13.0. The molecule has 1 N–H and O–H groups in total. The van der Waals surface area contributed by atoms with Crippen LogP contribution < -0.4 is 4.74 Å². The van der Waals surface area contributed by atoms with Gasteiger partial charge in [-0.25, -0.2) is 13.6 Å². The number of hydrogen-bond donors (Lipinski definition) is 1. The lowest BCUT2D eigenvalue weighted by molar-refractivity contribution is -0.138. The Balaban J connectivity index is 1.51. The number of aromatic carboxylic acids is 1. The smallest absolute Gasteiger partial charge is 0.416 e. The highest BCUT2D eigenvalue weighted by Gasteiger charge is 2.35. The summed E-state index contributed by atoms with van der Waals surface area (Å²) in [5.41, 5.74) is -0.779. The number of nitrogens with zero attached hydrogens (tertiary/aromatic N) is 1. The number of piperidine rings is 1. The fraction of sp³-hybridized carbons (Fsp3) is 0.435. The summed E-state index contributed by atoms with van der Waals surface area (Å²) in [6.07, 6.45) is -2.00. The Bertz CT molecular complexity index is 1020. The van der Waals surface area contributed by atoms with Crippen molar-refractivity contribution >= 4 is 5.97 Å². The first-order chi connectivity index (χ1) is 15.1. The molecule has 2 aliphatic rings. The van der Waals surface area contributed by atoms with Crippen LogP contribution in [0.4, 0.5) is 22.0 Å². The highest BCUT2D eigenvalue weighted by molar-refractivity contribution is 5.88. The normalized spacial score (nSPS) is 19.7. The van der Waals surface area contributed by atoms with E-state index < -0.39 is 41.0 Å². The van der Waals surface area contributed by atoms with Crippen LogP contribution in [0, 0.1) is 11.6 Å². The first-order valence-electron chi connectivity index (χ1n) is 10.4. The number of alkyl halides is 3. The molecule has 1 atom stereocenters. The number of carbonyl (C=O) groups is 1. The Labute approximate surface area is 181 Å². The minimum Gasteiger partial charge on any atom is -0.489 e. The van der Waals surface area contributed by atoms with Crippen molar-refractivity contribution in [3.8, 4) is 5.75 Å². The van der Waals surface area contributed by atoms with Crippen molar-refractivity contribution in [1.82, 2.24) is 4.90 Å². The van der Waals surface area contributed by atoms with Gasteiger partial charge in [0.15, 0.2) is 0 Å². The van der Waals surface area contributed by atoms with Gasteiger partial charge in [0.2, 0.25) is 0 Å². The van der Waals surface area contributed by atoms with Gasteiger partial charge >= 0.3 is 12.1 Å². The molecule has 1 aliphatic carbocycles. The molecule has 0 radical (unpaired) electrons. The third-order valence-corrected chi connectivity index (χ3v) is 5.87. The zero-order valence-electron chi connectivity index (χ0n) is 17.1. The van der Waals surface area contributed by atoms with E-state index in [0.29, 0.717) is 31.5 Å². The van der Waals surface area contributed by atoms with Crippen molar-refractivity contribution in [3.63, 3.8) is 0 Å². The van der Waals surface area contributed by atoms with Crippen LogP contribution in [0.5, 0.6) is 5.75 Å². The monoisotopic (exact) mass is 455 g/mol. The summed E-state index contributed by atoms with van der Waals surface area (Å²) in [7, 11) is 0. The van der Waals surface area contributed by atoms with Gasteiger partial charge in [-0.1, -0.05) is 0 Å². The van der Waals surface area contributed by atoms with Gasteiger partial charge in [0, 0.05) is 19.2 Å². The number of likely N-dealkylation sites (tertiary alicyclic amines) is 1. The van der Waals surface area contributed by atoms with E-state index in [1.54, 1.807) is 4.90 Å². The average Bonchev–Trinajstić information content (AvgIpc) is 3.52. The van der Waals surface area contributed by atoms with Crippen molar-refractivity contribution in [2.24, 2.45) is 0 Å². The largest absolute Gasteiger partial charge is 0.489 e. The molecule has 0 aromatic heterocycles. The molecule has 1 aliphatic heterocycles. The minimum atomic E-state index is -4.59. The van der Waals surface area contributed by atoms with Gasteiger partial charge in [0.05, 0.1) is 11.1 Å². The average molecular weight is 455 g/mol. The van der Waals surface area contributed by atoms with Crippen LogP contribution in [0.1, 0.15) is 58.6 Å². The van der Waals surface area contributed by atoms with E-state index in [-0.39, 0.29) is 23.8 Å². The van der Waals surface area contributed by atoms with E-state index in [1.165, 1.54) is 6.07 Å². The van der Waals surface area contributed by atoms with Crippen LogP contribution in [-0.4, -0.2) is 35.2 Å². The third-order valence-electron chi connectivity index (χ3n) is 5.87. The van der Waals surface area contributed by atoms with Gasteiger partial charge in [-0.05, 0) is 73.5 Å². The fourth-order valence-corrected chi connectivity index (χ4v) is 4.19. The molecule has 32 heavy (non-hydrogen) atoms. The lowest BCUT2D eigenvalue weighted by Gasteiger charge is -2.34. The predicted molar refractivity (Wildman–Crippen MR) is 106 cm³/mol. The van der Waals surface area contributed by atoms with E-state index in [2.05, 4.69) is 0 Å². The van der Waals surface area contributed by atoms with E-state index >= 15 is 0 Å². The molecular formula is C23H22F5NO3. The Kier molecular flexibility index (Phi) is 6.11. The van der Waals surface area contributed by atoms with Crippen LogP contribution in [0.2, 0.25) is 0 Å². The summed E-state index contributed by atoms with van der Waals surface area (Å²) in [5.74, 6) is -2.58.